The van der Waals surface area contributed by atoms with Gasteiger partial charge in [-0.05, 0) is 36.4 Å². The van der Waals surface area contributed by atoms with Gasteiger partial charge in [0.25, 0.3) is 9.70 Å². The van der Waals surface area contributed by atoms with Crippen molar-refractivity contribution in [1.29, 1.82) is 0 Å². The van der Waals surface area contributed by atoms with Gasteiger partial charge < -0.3 is 9.73 Å². The number of rotatable bonds is 5. The first kappa shape index (κ1) is 17.4. The van der Waals surface area contributed by atoms with Crippen molar-refractivity contribution in [1.82, 2.24) is 5.32 Å². The van der Waals surface area contributed by atoms with Gasteiger partial charge in [0.1, 0.15) is 6.54 Å². The highest BCUT2D eigenvalue weighted by molar-refractivity contribution is 6.68. The van der Waals surface area contributed by atoms with E-state index in [4.69, 9.17) is 50.8 Å². The Kier molecular flexibility index (Phi) is 6.01. The van der Waals surface area contributed by atoms with Crippen LogP contribution in [-0.4, -0.2) is 15.9 Å². The van der Waals surface area contributed by atoms with E-state index in [0.29, 0.717) is 22.9 Å². The summed E-state index contributed by atoms with van der Waals surface area (Å²) in [6.45, 7) is 0.423. The van der Waals surface area contributed by atoms with Crippen molar-refractivity contribution in [3.63, 3.8) is 0 Å². The largest absolute Gasteiger partial charge is 0.463 e. The van der Waals surface area contributed by atoms with Gasteiger partial charge in [-0.1, -0.05) is 46.4 Å². The molecule has 1 heterocycles. The van der Waals surface area contributed by atoms with Crippen LogP contribution in [0.3, 0.4) is 0 Å². The highest BCUT2D eigenvalue weighted by Crippen LogP contribution is 2.27. The fourth-order valence-electron chi connectivity index (χ4n) is 1.76. The molecule has 0 fully saturated rings. The molecule has 8 heteroatoms. The zero-order chi connectivity index (χ0) is 16.2. The first-order valence-corrected chi connectivity index (χ1v) is 7.86. The molecule has 1 atom stereocenters. The summed E-state index contributed by atoms with van der Waals surface area (Å²) in [5.41, 5.74) is 0.426. The van der Waals surface area contributed by atoms with E-state index in [-0.39, 0.29) is 5.91 Å². The number of carbonyl (C=O) groups is 1. The molecule has 0 aliphatic heterocycles. The van der Waals surface area contributed by atoms with Gasteiger partial charge in [-0.2, -0.15) is 0 Å². The minimum Gasteiger partial charge on any atom is -0.463 e. The van der Waals surface area contributed by atoms with Gasteiger partial charge in [0.2, 0.25) is 6.17 Å². The topological polar surface area (TPSA) is 58.9 Å². The highest BCUT2D eigenvalue weighted by Gasteiger charge is 2.37. The van der Waals surface area contributed by atoms with E-state index in [2.05, 4.69) is 5.32 Å². The average molecular weight is 383 g/mol. The third kappa shape index (κ3) is 5.07. The summed E-state index contributed by atoms with van der Waals surface area (Å²) in [5, 5.41) is 4.90. The molecule has 0 aliphatic rings. The predicted molar refractivity (Wildman–Crippen MR) is 87.3 cm³/mol. The normalized spacial score (nSPS) is 12.9. The molecular formula is C14H13Cl4N2O2+. The van der Waals surface area contributed by atoms with Gasteiger partial charge in [0, 0.05) is 10.6 Å². The molecule has 1 amide bonds. The van der Waals surface area contributed by atoms with Gasteiger partial charge in [-0.25, -0.2) is 0 Å². The molecule has 2 aromatic rings. The van der Waals surface area contributed by atoms with Crippen molar-refractivity contribution < 1.29 is 14.5 Å². The van der Waals surface area contributed by atoms with Crippen LogP contribution in [0.5, 0.6) is 0 Å². The number of carbonyl (C=O) groups excluding carboxylic acids is 1. The summed E-state index contributed by atoms with van der Waals surface area (Å²) in [6.07, 6.45) is 0.783. The fraction of sp³-hybridized carbons (Fsp3) is 0.214. The second-order valence-corrected chi connectivity index (χ2v) is 7.32. The van der Waals surface area contributed by atoms with E-state index in [1.54, 1.807) is 48.0 Å². The molecule has 0 saturated carbocycles. The van der Waals surface area contributed by atoms with Crippen LogP contribution in [0.1, 0.15) is 16.1 Å². The Morgan fingerprint density at radius 3 is 2.45 bits per heavy atom. The van der Waals surface area contributed by atoms with Crippen LogP contribution in [0.25, 0.3) is 0 Å². The summed E-state index contributed by atoms with van der Waals surface area (Å²) in [5.74, 6) is 0.351. The Balaban J connectivity index is 2.03. The minimum atomic E-state index is -1.67. The van der Waals surface area contributed by atoms with Crippen LogP contribution in [-0.2, 0) is 6.54 Å². The number of hydrogen-bond acceptors (Lipinski definition) is 2. The molecule has 0 unspecified atom stereocenters. The molecule has 0 saturated heterocycles. The van der Waals surface area contributed by atoms with Gasteiger partial charge in [-0.15, -0.1) is 0 Å². The fourth-order valence-corrected chi connectivity index (χ4v) is 2.32. The number of amides is 1. The molecule has 0 spiro atoms. The average Bonchev–Trinajstić information content (AvgIpc) is 2.96. The van der Waals surface area contributed by atoms with Gasteiger partial charge >= 0.3 is 0 Å². The number of quaternary nitrogens is 1. The second kappa shape index (κ2) is 7.57. The predicted octanol–water partition coefficient (Wildman–Crippen LogP) is 3.12. The molecule has 0 bridgehead atoms. The highest BCUT2D eigenvalue weighted by atomic mass is 35.6. The van der Waals surface area contributed by atoms with E-state index in [1.807, 2.05) is 0 Å². The number of alkyl halides is 3. The van der Waals surface area contributed by atoms with Gasteiger partial charge in [-0.3, -0.25) is 10.1 Å². The SMILES string of the molecule is O=C(N[C@@H]([NH2+]Cc1ccco1)C(Cl)(Cl)Cl)c1ccc(Cl)cc1. The number of benzene rings is 1. The van der Waals surface area contributed by atoms with E-state index >= 15 is 0 Å². The van der Waals surface area contributed by atoms with Crippen LogP contribution in [0.2, 0.25) is 5.02 Å². The third-order valence-corrected chi connectivity index (χ3v) is 3.84. The summed E-state index contributed by atoms with van der Waals surface area (Å²) >= 11 is 23.6. The number of nitrogens with two attached hydrogens (primary N) is 1. The lowest BCUT2D eigenvalue weighted by atomic mass is 10.2. The van der Waals surface area contributed by atoms with E-state index in [0.717, 1.165) is 0 Å². The molecule has 4 nitrogen and oxygen atoms in total. The molecule has 1 aromatic carbocycles. The molecule has 0 aliphatic carbocycles. The zero-order valence-electron chi connectivity index (χ0n) is 11.2. The minimum absolute atomic E-state index is 0.358. The summed E-state index contributed by atoms with van der Waals surface area (Å²) in [4.78, 5) is 12.2. The quantitative estimate of drug-likeness (QED) is 0.616. The first-order valence-electron chi connectivity index (χ1n) is 6.35. The third-order valence-electron chi connectivity index (χ3n) is 2.88. The van der Waals surface area contributed by atoms with Crippen molar-refractivity contribution in [2.75, 3.05) is 0 Å². The number of hydrogen-bond donors (Lipinski definition) is 2. The van der Waals surface area contributed by atoms with Crippen molar-refractivity contribution in [2.24, 2.45) is 0 Å². The van der Waals surface area contributed by atoms with E-state index in [1.165, 1.54) is 0 Å². The smallest absolute Gasteiger partial charge is 0.262 e. The van der Waals surface area contributed by atoms with Crippen LogP contribution in [0.15, 0.2) is 47.1 Å². The summed E-state index contributed by atoms with van der Waals surface area (Å²) < 4.78 is 3.54. The van der Waals surface area contributed by atoms with Crippen molar-refractivity contribution >= 4 is 52.3 Å². The molecule has 0 radical (unpaired) electrons. The van der Waals surface area contributed by atoms with Crippen molar-refractivity contribution in [3.8, 4) is 0 Å². The monoisotopic (exact) mass is 381 g/mol. The number of halogens is 4. The lowest BCUT2D eigenvalue weighted by Gasteiger charge is -2.23. The maximum absolute atomic E-state index is 12.2. The lowest BCUT2D eigenvalue weighted by molar-refractivity contribution is -0.708. The maximum atomic E-state index is 12.2. The van der Waals surface area contributed by atoms with Gasteiger partial charge in [0.15, 0.2) is 5.76 Å². The number of nitrogens with one attached hydrogen (secondary N) is 1. The van der Waals surface area contributed by atoms with E-state index < -0.39 is 9.96 Å². The van der Waals surface area contributed by atoms with Gasteiger partial charge in [0.05, 0.1) is 6.26 Å². The molecule has 118 valence electrons. The zero-order valence-corrected chi connectivity index (χ0v) is 14.3. The Labute approximate surface area is 147 Å². The molecule has 3 N–H and O–H groups in total. The summed E-state index contributed by atoms with van der Waals surface area (Å²) in [6, 6.07) is 9.99. The molecule has 22 heavy (non-hydrogen) atoms. The van der Waals surface area contributed by atoms with Crippen LogP contribution in [0, 0.1) is 0 Å². The Morgan fingerprint density at radius 2 is 1.91 bits per heavy atom. The summed E-state index contributed by atoms with van der Waals surface area (Å²) in [7, 11) is 0. The van der Waals surface area contributed by atoms with Crippen molar-refractivity contribution in [3.05, 3.63) is 59.0 Å². The Hall–Kier alpha value is -0.910. The Bertz CT molecular complexity index is 609. The van der Waals surface area contributed by atoms with E-state index in [9.17, 15) is 4.79 Å². The van der Waals surface area contributed by atoms with Crippen LogP contribution in [0.4, 0.5) is 0 Å². The molecule has 2 rings (SSSR count). The lowest BCUT2D eigenvalue weighted by Crippen LogP contribution is -2.95. The first-order chi connectivity index (χ1) is 10.4. The Morgan fingerprint density at radius 1 is 1.23 bits per heavy atom. The number of furan rings is 1. The molecule has 1 aromatic heterocycles. The van der Waals surface area contributed by atoms with Crippen LogP contribution < -0.4 is 10.6 Å². The van der Waals surface area contributed by atoms with Crippen LogP contribution >= 0.6 is 46.4 Å². The standard InChI is InChI=1S/C14H12Cl4N2O2/c15-10-5-3-9(4-6-10)12(21)20-13(14(16,17)18)19-8-11-2-1-7-22-11/h1-7,13,19H,8H2,(H,20,21)/p+1/t13-/m1/s1. The van der Waals surface area contributed by atoms with Crippen molar-refractivity contribution in [2.45, 2.75) is 16.5 Å². The maximum Gasteiger partial charge on any atom is 0.262 e. The molecular weight excluding hydrogens is 370 g/mol. The second-order valence-electron chi connectivity index (χ2n) is 4.52.